The number of carbonyl (C=O) groups is 2. The number of hydrazine groups is 1. The van der Waals surface area contributed by atoms with Crippen molar-refractivity contribution >= 4 is 21.7 Å². The molecule has 1 aliphatic rings. The Morgan fingerprint density at radius 2 is 1.67 bits per heavy atom. The van der Waals surface area contributed by atoms with Gasteiger partial charge < -0.3 is 9.47 Å². The lowest BCUT2D eigenvalue weighted by atomic mass is 10.2. The molecular weight excluding hydrogens is 410 g/mol. The number of hydrogen-bond acceptors (Lipinski definition) is 7. The summed E-state index contributed by atoms with van der Waals surface area (Å²) in [4.78, 5) is 30.0. The van der Waals surface area contributed by atoms with Crippen LogP contribution in [-0.2, 0) is 14.6 Å². The molecule has 0 spiro atoms. The van der Waals surface area contributed by atoms with Crippen LogP contribution in [0.15, 0.2) is 41.3 Å². The van der Waals surface area contributed by atoms with Gasteiger partial charge in [0.15, 0.2) is 9.84 Å². The molecule has 0 unspecified atom stereocenters. The van der Waals surface area contributed by atoms with Gasteiger partial charge in [0.05, 0.1) is 19.1 Å². The number of hydrogen-bond donors (Lipinski definition) is 0. The van der Waals surface area contributed by atoms with Crippen molar-refractivity contribution in [3.8, 4) is 11.8 Å². The molecule has 10 heteroatoms. The SMILES string of the molecule is COc1ccc(C(=O)N2CCCN2C(=O)CS(=O)(=O)c2ccc(C)cc2)c(OC)n1. The topological polar surface area (TPSA) is 106 Å². The Balaban J connectivity index is 1.80. The van der Waals surface area contributed by atoms with Crippen molar-refractivity contribution in [2.24, 2.45) is 0 Å². The maximum absolute atomic E-state index is 13.0. The van der Waals surface area contributed by atoms with E-state index in [2.05, 4.69) is 4.98 Å². The molecule has 0 radical (unpaired) electrons. The van der Waals surface area contributed by atoms with E-state index in [1.165, 1.54) is 48.5 Å². The molecule has 0 atom stereocenters. The maximum Gasteiger partial charge on any atom is 0.277 e. The van der Waals surface area contributed by atoms with Gasteiger partial charge in [-0.25, -0.2) is 13.4 Å². The summed E-state index contributed by atoms with van der Waals surface area (Å²) in [5.41, 5.74) is 1.07. The Morgan fingerprint density at radius 3 is 2.30 bits per heavy atom. The van der Waals surface area contributed by atoms with Gasteiger partial charge in [-0.2, -0.15) is 4.98 Å². The van der Waals surface area contributed by atoms with Crippen LogP contribution < -0.4 is 9.47 Å². The second-order valence-corrected chi connectivity index (χ2v) is 8.77. The summed E-state index contributed by atoms with van der Waals surface area (Å²) in [7, 11) is -1.01. The molecule has 1 fully saturated rings. The highest BCUT2D eigenvalue weighted by molar-refractivity contribution is 7.92. The molecule has 2 aromatic rings. The monoisotopic (exact) mass is 433 g/mol. The summed E-state index contributed by atoms with van der Waals surface area (Å²) in [5, 5.41) is 2.41. The lowest BCUT2D eigenvalue weighted by molar-refractivity contribution is -0.137. The number of methoxy groups -OCH3 is 2. The van der Waals surface area contributed by atoms with E-state index in [0.29, 0.717) is 6.42 Å². The first-order chi connectivity index (χ1) is 14.3. The van der Waals surface area contributed by atoms with Crippen LogP contribution in [-0.4, -0.2) is 68.3 Å². The summed E-state index contributed by atoms with van der Waals surface area (Å²) in [6, 6.07) is 9.30. The number of sulfone groups is 1. The van der Waals surface area contributed by atoms with Crippen molar-refractivity contribution in [3.05, 3.63) is 47.5 Å². The van der Waals surface area contributed by atoms with Gasteiger partial charge >= 0.3 is 0 Å². The third kappa shape index (κ3) is 4.38. The molecule has 1 aliphatic heterocycles. The number of nitrogens with zero attached hydrogens (tertiary/aromatic N) is 3. The molecule has 0 bridgehead atoms. The first-order valence-corrected chi connectivity index (χ1v) is 10.9. The largest absolute Gasteiger partial charge is 0.481 e. The highest BCUT2D eigenvalue weighted by Gasteiger charge is 2.35. The summed E-state index contributed by atoms with van der Waals surface area (Å²) in [5.74, 6) is -1.55. The third-order valence-corrected chi connectivity index (χ3v) is 6.33. The number of aryl methyl sites for hydroxylation is 1. The van der Waals surface area contributed by atoms with Crippen molar-refractivity contribution in [1.29, 1.82) is 0 Å². The third-order valence-electron chi connectivity index (χ3n) is 4.71. The van der Waals surface area contributed by atoms with Crippen LogP contribution in [0.3, 0.4) is 0 Å². The number of aromatic nitrogens is 1. The highest BCUT2D eigenvalue weighted by Crippen LogP contribution is 2.24. The van der Waals surface area contributed by atoms with Crippen LogP contribution in [0.4, 0.5) is 0 Å². The van der Waals surface area contributed by atoms with Crippen molar-refractivity contribution in [3.63, 3.8) is 0 Å². The van der Waals surface area contributed by atoms with Crippen molar-refractivity contribution in [1.82, 2.24) is 15.0 Å². The van der Waals surface area contributed by atoms with E-state index in [9.17, 15) is 18.0 Å². The molecule has 1 saturated heterocycles. The number of carbonyl (C=O) groups excluding carboxylic acids is 2. The molecule has 0 N–H and O–H groups in total. The number of ether oxygens (including phenoxy) is 2. The zero-order chi connectivity index (χ0) is 21.9. The van der Waals surface area contributed by atoms with Crippen LogP contribution in [0, 0.1) is 6.92 Å². The number of rotatable bonds is 6. The summed E-state index contributed by atoms with van der Waals surface area (Å²) >= 11 is 0. The van der Waals surface area contributed by atoms with E-state index in [1.807, 2.05) is 6.92 Å². The molecule has 30 heavy (non-hydrogen) atoms. The zero-order valence-corrected chi connectivity index (χ0v) is 17.8. The van der Waals surface area contributed by atoms with Crippen molar-refractivity contribution in [2.45, 2.75) is 18.2 Å². The predicted molar refractivity (Wildman–Crippen MR) is 108 cm³/mol. The van der Waals surface area contributed by atoms with Gasteiger partial charge in [-0.3, -0.25) is 14.6 Å². The van der Waals surface area contributed by atoms with Crippen LogP contribution >= 0.6 is 0 Å². The van der Waals surface area contributed by atoms with E-state index in [1.54, 1.807) is 12.1 Å². The molecule has 160 valence electrons. The Morgan fingerprint density at radius 1 is 1.00 bits per heavy atom. The Kier molecular flexibility index (Phi) is 6.25. The average molecular weight is 433 g/mol. The van der Waals surface area contributed by atoms with E-state index in [-0.39, 0.29) is 35.3 Å². The minimum Gasteiger partial charge on any atom is -0.481 e. The highest BCUT2D eigenvalue weighted by atomic mass is 32.2. The van der Waals surface area contributed by atoms with E-state index in [0.717, 1.165) is 5.56 Å². The maximum atomic E-state index is 13.0. The van der Waals surface area contributed by atoms with E-state index < -0.39 is 27.4 Å². The van der Waals surface area contributed by atoms with E-state index in [4.69, 9.17) is 9.47 Å². The quantitative estimate of drug-likeness (QED) is 0.679. The lowest BCUT2D eigenvalue weighted by Gasteiger charge is -2.28. The molecule has 1 aromatic carbocycles. The predicted octanol–water partition coefficient (Wildman–Crippen LogP) is 1.47. The lowest BCUT2D eigenvalue weighted by Crippen LogP contribution is -2.47. The summed E-state index contributed by atoms with van der Waals surface area (Å²) in [6.07, 6.45) is 0.536. The van der Waals surface area contributed by atoms with Crippen molar-refractivity contribution in [2.75, 3.05) is 33.1 Å². The van der Waals surface area contributed by atoms with Crippen LogP contribution in [0.1, 0.15) is 22.3 Å². The van der Waals surface area contributed by atoms with Crippen LogP contribution in [0.25, 0.3) is 0 Å². The van der Waals surface area contributed by atoms with Crippen LogP contribution in [0.5, 0.6) is 11.8 Å². The Bertz CT molecular complexity index is 1050. The summed E-state index contributed by atoms with van der Waals surface area (Å²) in [6.45, 7) is 2.38. The Hall–Kier alpha value is -3.14. The molecule has 3 rings (SSSR count). The number of amides is 2. The van der Waals surface area contributed by atoms with E-state index >= 15 is 0 Å². The van der Waals surface area contributed by atoms with Gasteiger partial charge in [0.1, 0.15) is 11.3 Å². The van der Waals surface area contributed by atoms with Gasteiger partial charge in [0, 0.05) is 19.2 Å². The second-order valence-electron chi connectivity index (χ2n) is 6.78. The molecule has 2 heterocycles. The smallest absolute Gasteiger partial charge is 0.277 e. The molecule has 2 amide bonds. The molecule has 9 nitrogen and oxygen atoms in total. The van der Waals surface area contributed by atoms with Gasteiger partial charge in [0.25, 0.3) is 11.8 Å². The minimum absolute atomic E-state index is 0.0610. The van der Waals surface area contributed by atoms with Gasteiger partial charge in [-0.1, -0.05) is 17.7 Å². The number of pyridine rings is 1. The minimum atomic E-state index is -3.83. The molecular formula is C20H23N3O6S. The van der Waals surface area contributed by atoms with Gasteiger partial charge in [0.2, 0.25) is 11.8 Å². The fourth-order valence-corrected chi connectivity index (χ4v) is 4.33. The molecule has 1 aromatic heterocycles. The second kappa shape index (κ2) is 8.70. The Labute approximate surface area is 175 Å². The summed E-state index contributed by atoms with van der Waals surface area (Å²) < 4.78 is 35.5. The average Bonchev–Trinajstić information content (AvgIpc) is 3.23. The number of benzene rings is 1. The first-order valence-electron chi connectivity index (χ1n) is 9.27. The molecule has 0 saturated carbocycles. The zero-order valence-electron chi connectivity index (χ0n) is 17.0. The standard InChI is InChI=1S/C20H23N3O6S/c1-14-5-7-15(8-6-14)30(26,27)13-18(24)22-11-4-12-23(22)20(25)16-9-10-17(28-2)21-19(16)29-3/h5-10H,4,11-13H2,1-3H3. The fourth-order valence-electron chi connectivity index (χ4n) is 3.14. The normalized spacial score (nSPS) is 14.0. The fraction of sp³-hybridized carbons (Fsp3) is 0.350. The van der Waals surface area contributed by atoms with Gasteiger partial charge in [-0.15, -0.1) is 0 Å². The van der Waals surface area contributed by atoms with Gasteiger partial charge in [-0.05, 0) is 31.5 Å². The first kappa shape index (κ1) is 21.6. The molecule has 0 aliphatic carbocycles. The van der Waals surface area contributed by atoms with Crippen molar-refractivity contribution < 1.29 is 27.5 Å². The van der Waals surface area contributed by atoms with Crippen LogP contribution in [0.2, 0.25) is 0 Å².